The number of aliphatic hydroxyl groups excluding tert-OH is 1. The first kappa shape index (κ1) is 8.67. The number of nitro groups is 1. The molecule has 4 heteroatoms. The van der Waals surface area contributed by atoms with E-state index in [2.05, 4.69) is 0 Å². The average molecular weight is 167 g/mol. The van der Waals surface area contributed by atoms with Crippen molar-refractivity contribution in [2.45, 2.75) is 13.2 Å². The first-order valence-electron chi connectivity index (χ1n) is 3.49. The molecule has 12 heavy (non-hydrogen) atoms. The normalized spacial score (nSPS) is 12.5. The minimum atomic E-state index is -1.61. The van der Waals surface area contributed by atoms with E-state index in [4.69, 9.17) is 5.11 Å². The van der Waals surface area contributed by atoms with Crippen LogP contribution in [0.4, 0.5) is 0 Å². The molecule has 1 aromatic carbocycles. The van der Waals surface area contributed by atoms with Gasteiger partial charge in [0.25, 0.3) is 0 Å². The number of nitrogens with zero attached hydrogens (tertiary/aromatic N) is 1. The molecule has 0 saturated carbocycles. The van der Waals surface area contributed by atoms with Crippen molar-refractivity contribution < 1.29 is 10.0 Å². The van der Waals surface area contributed by atoms with E-state index in [9.17, 15) is 10.1 Å². The van der Waals surface area contributed by atoms with E-state index in [1.807, 2.05) is 6.92 Å². The predicted octanol–water partition coefficient (Wildman–Crippen LogP) is 1.26. The molecule has 0 aromatic heterocycles. The lowest BCUT2D eigenvalue weighted by Gasteiger charge is -2.01. The van der Waals surface area contributed by atoms with Crippen LogP contribution in [0.3, 0.4) is 0 Å². The quantitative estimate of drug-likeness (QED) is 0.409. The van der Waals surface area contributed by atoms with Gasteiger partial charge in [-0.3, -0.25) is 10.1 Å². The van der Waals surface area contributed by atoms with Crippen molar-refractivity contribution in [2.24, 2.45) is 0 Å². The maximum absolute atomic E-state index is 10.1. The Morgan fingerprint density at radius 3 is 2.33 bits per heavy atom. The fourth-order valence-electron chi connectivity index (χ4n) is 0.860. The summed E-state index contributed by atoms with van der Waals surface area (Å²) in [5, 5.41) is 19.1. The predicted molar refractivity (Wildman–Crippen MR) is 43.1 cm³/mol. The number of aryl methyl sites for hydroxylation is 1. The third-order valence-electron chi connectivity index (χ3n) is 1.58. The molecule has 0 bridgehead atoms. The van der Waals surface area contributed by atoms with Crippen molar-refractivity contribution in [3.63, 3.8) is 0 Å². The van der Waals surface area contributed by atoms with Gasteiger partial charge in [-0.15, -0.1) is 0 Å². The van der Waals surface area contributed by atoms with Crippen molar-refractivity contribution in [1.29, 1.82) is 0 Å². The van der Waals surface area contributed by atoms with Crippen LogP contribution in [-0.2, 0) is 0 Å². The topological polar surface area (TPSA) is 63.4 Å². The van der Waals surface area contributed by atoms with Gasteiger partial charge in [0, 0.05) is 0 Å². The summed E-state index contributed by atoms with van der Waals surface area (Å²) >= 11 is 0. The van der Waals surface area contributed by atoms with Gasteiger partial charge < -0.3 is 5.11 Å². The minimum Gasteiger partial charge on any atom is -0.329 e. The molecule has 0 aliphatic carbocycles. The number of hydrogen-bond acceptors (Lipinski definition) is 3. The first-order chi connectivity index (χ1) is 5.61. The maximum Gasteiger partial charge on any atom is 0.339 e. The Morgan fingerprint density at radius 2 is 1.92 bits per heavy atom. The van der Waals surface area contributed by atoms with Crippen molar-refractivity contribution in [2.75, 3.05) is 0 Å². The molecule has 64 valence electrons. The second-order valence-electron chi connectivity index (χ2n) is 2.57. The van der Waals surface area contributed by atoms with E-state index in [0.717, 1.165) is 5.56 Å². The third-order valence-corrected chi connectivity index (χ3v) is 1.58. The average Bonchev–Trinajstić information content (AvgIpc) is 2.04. The molecular weight excluding hydrogens is 158 g/mol. The lowest BCUT2D eigenvalue weighted by atomic mass is 10.1. The van der Waals surface area contributed by atoms with Gasteiger partial charge in [-0.05, 0) is 19.1 Å². The molecule has 0 aliphatic rings. The van der Waals surface area contributed by atoms with Gasteiger partial charge in [-0.25, -0.2) is 0 Å². The molecule has 1 aromatic rings. The molecule has 1 rings (SSSR count). The van der Waals surface area contributed by atoms with Gasteiger partial charge in [0.2, 0.25) is 0 Å². The third kappa shape index (κ3) is 1.79. The van der Waals surface area contributed by atoms with E-state index >= 15 is 0 Å². The highest BCUT2D eigenvalue weighted by Crippen LogP contribution is 2.13. The Bertz CT molecular complexity index is 281. The molecular formula is C8H9NO3. The lowest BCUT2D eigenvalue weighted by molar-refractivity contribution is -0.578. The van der Waals surface area contributed by atoms with Crippen LogP contribution in [0.25, 0.3) is 0 Å². The number of aliphatic hydroxyl groups is 1. The van der Waals surface area contributed by atoms with Crippen LogP contribution >= 0.6 is 0 Å². The monoisotopic (exact) mass is 167 g/mol. The van der Waals surface area contributed by atoms with Gasteiger partial charge in [0.15, 0.2) is 0 Å². The van der Waals surface area contributed by atoms with Gasteiger partial charge in [-0.2, -0.15) is 0 Å². The van der Waals surface area contributed by atoms with Crippen molar-refractivity contribution in [3.05, 3.63) is 45.5 Å². The summed E-state index contributed by atoms with van der Waals surface area (Å²) in [7, 11) is 0. The van der Waals surface area contributed by atoms with Crippen LogP contribution < -0.4 is 0 Å². The Labute approximate surface area is 69.6 Å². The smallest absolute Gasteiger partial charge is 0.329 e. The SMILES string of the molecule is Cc1ccc([C@@H](O)[N+](=O)[O-])cc1. The molecule has 0 saturated heterocycles. The van der Waals surface area contributed by atoms with Crippen LogP contribution in [0, 0.1) is 17.0 Å². The van der Waals surface area contributed by atoms with Crippen molar-refractivity contribution in [1.82, 2.24) is 0 Å². The maximum atomic E-state index is 10.1. The second kappa shape index (κ2) is 3.32. The lowest BCUT2D eigenvalue weighted by Crippen LogP contribution is -2.08. The van der Waals surface area contributed by atoms with Crippen molar-refractivity contribution >= 4 is 0 Å². The Morgan fingerprint density at radius 1 is 1.42 bits per heavy atom. The van der Waals surface area contributed by atoms with E-state index in [-0.39, 0.29) is 0 Å². The highest BCUT2D eigenvalue weighted by molar-refractivity contribution is 5.21. The van der Waals surface area contributed by atoms with Gasteiger partial charge in [0.05, 0.1) is 10.5 Å². The van der Waals surface area contributed by atoms with Gasteiger partial charge >= 0.3 is 6.23 Å². The fourth-order valence-corrected chi connectivity index (χ4v) is 0.860. The zero-order chi connectivity index (χ0) is 9.14. The van der Waals surface area contributed by atoms with Crippen LogP contribution in [0.1, 0.15) is 17.4 Å². The van der Waals surface area contributed by atoms with E-state index < -0.39 is 11.2 Å². The van der Waals surface area contributed by atoms with E-state index in [1.54, 1.807) is 24.3 Å². The first-order valence-corrected chi connectivity index (χ1v) is 3.49. The highest BCUT2D eigenvalue weighted by atomic mass is 16.7. The zero-order valence-electron chi connectivity index (χ0n) is 6.60. The van der Waals surface area contributed by atoms with E-state index in [1.165, 1.54) is 0 Å². The molecule has 4 nitrogen and oxygen atoms in total. The number of rotatable bonds is 2. The molecule has 1 N–H and O–H groups in total. The summed E-state index contributed by atoms with van der Waals surface area (Å²) in [5.41, 5.74) is 1.32. The largest absolute Gasteiger partial charge is 0.339 e. The highest BCUT2D eigenvalue weighted by Gasteiger charge is 2.16. The summed E-state index contributed by atoms with van der Waals surface area (Å²) in [4.78, 5) is 9.41. The summed E-state index contributed by atoms with van der Waals surface area (Å²) in [6, 6.07) is 6.54. The summed E-state index contributed by atoms with van der Waals surface area (Å²) in [6.07, 6.45) is -1.61. The Kier molecular flexibility index (Phi) is 2.40. The Hall–Kier alpha value is -1.42. The summed E-state index contributed by atoms with van der Waals surface area (Å²) < 4.78 is 0. The molecule has 0 fully saturated rings. The molecule has 1 atom stereocenters. The zero-order valence-corrected chi connectivity index (χ0v) is 6.60. The minimum absolute atomic E-state index is 0.311. The molecule has 0 heterocycles. The molecule has 0 radical (unpaired) electrons. The van der Waals surface area contributed by atoms with Gasteiger partial charge in [-0.1, -0.05) is 17.7 Å². The number of hydrogen-bond donors (Lipinski definition) is 1. The Balaban J connectivity index is 2.89. The molecule has 0 unspecified atom stereocenters. The number of benzene rings is 1. The van der Waals surface area contributed by atoms with Crippen LogP contribution in [0.5, 0.6) is 0 Å². The molecule has 0 aliphatic heterocycles. The van der Waals surface area contributed by atoms with Crippen LogP contribution in [0.2, 0.25) is 0 Å². The molecule has 0 spiro atoms. The van der Waals surface area contributed by atoms with Crippen molar-refractivity contribution in [3.8, 4) is 0 Å². The second-order valence-corrected chi connectivity index (χ2v) is 2.57. The van der Waals surface area contributed by atoms with Crippen LogP contribution in [-0.4, -0.2) is 10.0 Å². The molecule has 0 amide bonds. The van der Waals surface area contributed by atoms with E-state index in [0.29, 0.717) is 5.56 Å². The van der Waals surface area contributed by atoms with Gasteiger partial charge in [0.1, 0.15) is 0 Å². The standard InChI is InChI=1S/C8H9NO3/c1-6-2-4-7(5-3-6)8(10)9(11)12/h2-5,8,10H,1H3/t8-/m1/s1. The van der Waals surface area contributed by atoms with Crippen LogP contribution in [0.15, 0.2) is 24.3 Å². The fraction of sp³-hybridized carbons (Fsp3) is 0.250. The summed E-state index contributed by atoms with van der Waals surface area (Å²) in [5.74, 6) is 0. The summed E-state index contributed by atoms with van der Waals surface area (Å²) in [6.45, 7) is 1.88.